The van der Waals surface area contributed by atoms with Crippen molar-refractivity contribution in [3.05, 3.63) is 107 Å². The summed E-state index contributed by atoms with van der Waals surface area (Å²) < 4.78 is 0. The van der Waals surface area contributed by atoms with Gasteiger partial charge in [0.25, 0.3) is 0 Å². The number of nitrogens with zero attached hydrogens (tertiary/aromatic N) is 2. The van der Waals surface area contributed by atoms with Crippen LogP contribution in [0.4, 0.5) is 0 Å². The van der Waals surface area contributed by atoms with Crippen LogP contribution in [0.1, 0.15) is 39.9 Å². The molecule has 0 amide bonds. The molecule has 4 rings (SSSR count). The highest BCUT2D eigenvalue weighted by molar-refractivity contribution is 6.38. The summed E-state index contributed by atoms with van der Waals surface area (Å²) in [4.78, 5) is 27.1. The maximum Gasteiger partial charge on any atom is 0.180 e. The van der Waals surface area contributed by atoms with E-state index in [4.69, 9.17) is 0 Å². The van der Waals surface area contributed by atoms with E-state index in [9.17, 15) is 9.59 Å². The molecule has 4 nitrogen and oxygen atoms in total. The number of carbonyl (C=O) groups is 2. The van der Waals surface area contributed by atoms with Crippen molar-refractivity contribution in [1.82, 2.24) is 0 Å². The first-order chi connectivity index (χ1) is 14.2. The van der Waals surface area contributed by atoms with Crippen LogP contribution < -0.4 is 0 Å². The van der Waals surface area contributed by atoms with E-state index in [0.29, 0.717) is 16.8 Å². The molecule has 4 heteroatoms. The topological polar surface area (TPSA) is 58.9 Å². The van der Waals surface area contributed by atoms with E-state index >= 15 is 0 Å². The van der Waals surface area contributed by atoms with Gasteiger partial charge in [0.1, 0.15) is 5.92 Å². The van der Waals surface area contributed by atoms with Gasteiger partial charge in [0.05, 0.1) is 11.6 Å². The molecular weight excluding hydrogens is 360 g/mol. The molecule has 0 radical (unpaired) electrons. The molecule has 3 aromatic rings. The molecule has 0 aliphatic heterocycles. The van der Waals surface area contributed by atoms with Crippen LogP contribution in [0.5, 0.6) is 0 Å². The lowest BCUT2D eigenvalue weighted by molar-refractivity contribution is -0.120. The zero-order chi connectivity index (χ0) is 20.2. The monoisotopic (exact) mass is 380 g/mol. The normalized spacial score (nSPS) is 17.2. The number of hydrogen-bond acceptors (Lipinski definition) is 4. The second kappa shape index (κ2) is 8.15. The summed E-state index contributed by atoms with van der Waals surface area (Å²) in [6, 6.07) is 26.3. The molecule has 0 spiro atoms. The molecule has 1 aliphatic carbocycles. The van der Waals surface area contributed by atoms with Crippen molar-refractivity contribution in [3.63, 3.8) is 0 Å². The minimum Gasteiger partial charge on any atom is -0.297 e. The molecule has 1 aliphatic rings. The first-order valence-electron chi connectivity index (χ1n) is 9.55. The summed E-state index contributed by atoms with van der Waals surface area (Å²) in [7, 11) is 0. The van der Waals surface area contributed by atoms with Crippen LogP contribution in [-0.2, 0) is 4.79 Å². The highest BCUT2D eigenvalue weighted by Crippen LogP contribution is 2.35. The molecule has 0 saturated carbocycles. The van der Waals surface area contributed by atoms with Crippen LogP contribution in [0.2, 0.25) is 0 Å². The van der Waals surface area contributed by atoms with E-state index in [1.807, 2.05) is 72.8 Å². The molecule has 0 fully saturated rings. The number of ketones is 2. The highest BCUT2D eigenvalue weighted by Gasteiger charge is 2.44. The Morgan fingerprint density at radius 3 is 1.90 bits per heavy atom. The lowest BCUT2D eigenvalue weighted by Gasteiger charge is -2.20. The number of fused-ring (bicyclic) bond motifs is 1. The molecule has 0 N–H and O–H groups in total. The Morgan fingerprint density at radius 1 is 0.828 bits per heavy atom. The summed E-state index contributed by atoms with van der Waals surface area (Å²) in [5.41, 5.74) is 3.33. The van der Waals surface area contributed by atoms with Gasteiger partial charge in [-0.25, -0.2) is 0 Å². The Hall–Kier alpha value is -3.66. The van der Waals surface area contributed by atoms with Crippen molar-refractivity contribution in [3.8, 4) is 0 Å². The number of rotatable bonds is 5. The molecule has 29 heavy (non-hydrogen) atoms. The Morgan fingerprint density at radius 2 is 1.34 bits per heavy atom. The van der Waals surface area contributed by atoms with Gasteiger partial charge in [0, 0.05) is 17.3 Å². The zero-order valence-corrected chi connectivity index (χ0v) is 16.0. The predicted octanol–water partition coefficient (Wildman–Crippen LogP) is 4.70. The second-order valence-corrected chi connectivity index (χ2v) is 6.86. The van der Waals surface area contributed by atoms with Crippen molar-refractivity contribution >= 4 is 23.5 Å². The molecule has 1 unspecified atom stereocenters. The Bertz CT molecular complexity index is 1060. The van der Waals surface area contributed by atoms with E-state index in [0.717, 1.165) is 11.1 Å². The van der Waals surface area contributed by atoms with E-state index in [-0.39, 0.29) is 11.6 Å². The zero-order valence-electron chi connectivity index (χ0n) is 16.0. The van der Waals surface area contributed by atoms with Crippen molar-refractivity contribution in [2.45, 2.75) is 12.8 Å². The molecule has 1 atom stereocenters. The van der Waals surface area contributed by atoms with Crippen molar-refractivity contribution in [1.29, 1.82) is 0 Å². The number of carbonyl (C=O) groups excluding carboxylic acids is 2. The summed E-state index contributed by atoms with van der Waals surface area (Å²) in [6.07, 6.45) is 1.55. The van der Waals surface area contributed by atoms with Gasteiger partial charge >= 0.3 is 0 Å². The van der Waals surface area contributed by atoms with E-state index in [1.165, 1.54) is 0 Å². The van der Waals surface area contributed by atoms with Gasteiger partial charge in [-0.2, -0.15) is 10.2 Å². The average Bonchev–Trinajstić information content (AvgIpc) is 3.06. The average molecular weight is 380 g/mol. The molecule has 0 bridgehead atoms. The maximum atomic E-state index is 13.8. The summed E-state index contributed by atoms with van der Waals surface area (Å²) >= 11 is 0. The molecule has 0 heterocycles. The molecule has 142 valence electrons. The third-order valence-electron chi connectivity index (χ3n) is 5.12. The number of benzene rings is 3. The maximum absolute atomic E-state index is 13.8. The fraction of sp³-hybridized carbons (Fsp3) is 0.120. The molecular formula is C25H20N2O2. The summed E-state index contributed by atoms with van der Waals surface area (Å²) in [6.45, 7) is 1.75. The molecule has 0 aromatic heterocycles. The van der Waals surface area contributed by atoms with E-state index < -0.39 is 11.8 Å². The van der Waals surface area contributed by atoms with Crippen LogP contribution in [0.3, 0.4) is 0 Å². The fourth-order valence-corrected chi connectivity index (χ4v) is 3.83. The largest absolute Gasteiger partial charge is 0.297 e. The van der Waals surface area contributed by atoms with Gasteiger partial charge in [-0.1, -0.05) is 84.9 Å². The minimum absolute atomic E-state index is 0.186. The van der Waals surface area contributed by atoms with Gasteiger partial charge in [-0.05, 0) is 18.1 Å². The van der Waals surface area contributed by atoms with Crippen molar-refractivity contribution < 1.29 is 9.59 Å². The third-order valence-corrected chi connectivity index (χ3v) is 5.12. The second-order valence-electron chi connectivity index (χ2n) is 6.86. The van der Waals surface area contributed by atoms with E-state index in [1.54, 1.807) is 25.3 Å². The fourth-order valence-electron chi connectivity index (χ4n) is 3.83. The van der Waals surface area contributed by atoms with Crippen LogP contribution >= 0.6 is 0 Å². The number of Topliss-reactive ketones (excluding diaryl/α,β-unsaturated/α-hetero) is 2. The smallest absolute Gasteiger partial charge is 0.180 e. The summed E-state index contributed by atoms with van der Waals surface area (Å²) in [5.74, 6) is -1.93. The minimum atomic E-state index is -0.971. The van der Waals surface area contributed by atoms with Gasteiger partial charge < -0.3 is 0 Å². The first-order valence-corrected chi connectivity index (χ1v) is 9.55. The lowest BCUT2D eigenvalue weighted by atomic mass is 9.80. The predicted molar refractivity (Wildman–Crippen MR) is 115 cm³/mol. The first kappa shape index (κ1) is 18.7. The van der Waals surface area contributed by atoms with Crippen LogP contribution in [0, 0.1) is 5.92 Å². The van der Waals surface area contributed by atoms with Crippen LogP contribution in [0.15, 0.2) is 95.1 Å². The van der Waals surface area contributed by atoms with Crippen molar-refractivity contribution in [2.75, 3.05) is 0 Å². The standard InChI is InChI=1S/C25H20N2O2/c1-2-26-27-23-19-15-9-10-16-20(19)24(28)22(23)25(29)21(17-11-5-3-6-12-17)18-13-7-4-8-14-18/h2-16,21-22H,1H3. The Labute approximate surface area is 169 Å². The van der Waals surface area contributed by atoms with Crippen LogP contribution in [0.25, 0.3) is 0 Å². The molecule has 0 saturated heterocycles. The van der Waals surface area contributed by atoms with Crippen molar-refractivity contribution in [2.24, 2.45) is 16.1 Å². The highest BCUT2D eigenvalue weighted by atomic mass is 16.2. The van der Waals surface area contributed by atoms with Gasteiger partial charge in [-0.15, -0.1) is 0 Å². The van der Waals surface area contributed by atoms with Gasteiger partial charge in [0.2, 0.25) is 0 Å². The quantitative estimate of drug-likeness (QED) is 0.366. The van der Waals surface area contributed by atoms with Crippen LogP contribution in [-0.4, -0.2) is 23.5 Å². The van der Waals surface area contributed by atoms with Gasteiger partial charge in [0.15, 0.2) is 11.6 Å². The number of hydrogen-bond donors (Lipinski definition) is 0. The van der Waals surface area contributed by atoms with Gasteiger partial charge in [-0.3, -0.25) is 9.59 Å². The Balaban J connectivity index is 1.85. The molecule has 3 aromatic carbocycles. The van der Waals surface area contributed by atoms with E-state index in [2.05, 4.69) is 10.2 Å². The summed E-state index contributed by atoms with van der Waals surface area (Å²) in [5, 5.41) is 8.23. The Kier molecular flexibility index (Phi) is 5.25. The SMILES string of the molecule is CC=NN=C1c2ccccc2C(=O)C1C(=O)C(c1ccccc1)c1ccccc1. The lowest BCUT2D eigenvalue weighted by Crippen LogP contribution is -2.31. The third kappa shape index (κ3) is 3.45.